The molecule has 0 aromatic rings. The van der Waals surface area contributed by atoms with E-state index < -0.39 is 0 Å². The third kappa shape index (κ3) is 4.59. The second-order valence-corrected chi connectivity index (χ2v) is 3.67. The summed E-state index contributed by atoms with van der Waals surface area (Å²) >= 11 is 0. The van der Waals surface area contributed by atoms with Gasteiger partial charge in [0.2, 0.25) is 0 Å². The zero-order chi connectivity index (χ0) is 11.1. The van der Waals surface area contributed by atoms with Gasteiger partial charge in [-0.25, -0.2) is 0 Å². The number of hydrogen-bond donors (Lipinski definition) is 2. The standard InChI is InChI=1S/C10H21N3O2/c1-2-14-6-3-4-13-5-7-15-9(8-13)10(11)12/h9H,2-8H2,1H3,(H3,11,12). The number of rotatable bonds is 6. The second-order valence-electron chi connectivity index (χ2n) is 3.67. The molecule has 88 valence electrons. The highest BCUT2D eigenvalue weighted by Gasteiger charge is 2.21. The molecule has 0 aromatic heterocycles. The highest BCUT2D eigenvalue weighted by Crippen LogP contribution is 2.05. The Bertz CT molecular complexity index is 199. The predicted octanol–water partition coefficient (Wildman–Crippen LogP) is 0.0498. The molecule has 1 fully saturated rings. The van der Waals surface area contributed by atoms with Crippen LogP contribution < -0.4 is 5.73 Å². The quantitative estimate of drug-likeness (QED) is 0.373. The number of hydrogen-bond acceptors (Lipinski definition) is 4. The van der Waals surface area contributed by atoms with Crippen molar-refractivity contribution in [2.24, 2.45) is 5.73 Å². The number of nitrogens with zero attached hydrogens (tertiary/aromatic N) is 1. The van der Waals surface area contributed by atoms with Gasteiger partial charge in [-0.2, -0.15) is 0 Å². The Balaban J connectivity index is 2.15. The number of ether oxygens (including phenoxy) is 2. The first-order valence-electron chi connectivity index (χ1n) is 5.49. The van der Waals surface area contributed by atoms with Crippen LogP contribution in [0.3, 0.4) is 0 Å². The van der Waals surface area contributed by atoms with Crippen LogP contribution in [0.25, 0.3) is 0 Å². The van der Waals surface area contributed by atoms with Crippen molar-refractivity contribution in [3.8, 4) is 0 Å². The molecule has 1 rings (SSSR count). The number of morpholine rings is 1. The predicted molar refractivity (Wildman–Crippen MR) is 59.2 cm³/mol. The number of amidine groups is 1. The fraction of sp³-hybridized carbons (Fsp3) is 0.900. The lowest BCUT2D eigenvalue weighted by atomic mass is 10.2. The van der Waals surface area contributed by atoms with Gasteiger partial charge in [0.25, 0.3) is 0 Å². The van der Waals surface area contributed by atoms with E-state index in [-0.39, 0.29) is 11.9 Å². The van der Waals surface area contributed by atoms with Gasteiger partial charge in [0, 0.05) is 32.8 Å². The molecule has 0 saturated carbocycles. The third-order valence-corrected chi connectivity index (χ3v) is 2.46. The Morgan fingerprint density at radius 3 is 3.13 bits per heavy atom. The summed E-state index contributed by atoms with van der Waals surface area (Å²) in [6.45, 7) is 6.90. The zero-order valence-corrected chi connectivity index (χ0v) is 9.37. The minimum absolute atomic E-state index is 0.129. The Morgan fingerprint density at radius 1 is 1.67 bits per heavy atom. The average Bonchev–Trinajstić information content (AvgIpc) is 2.25. The van der Waals surface area contributed by atoms with Crippen LogP contribution in [0.1, 0.15) is 13.3 Å². The summed E-state index contributed by atoms with van der Waals surface area (Å²) in [7, 11) is 0. The van der Waals surface area contributed by atoms with E-state index in [1.807, 2.05) is 6.92 Å². The Hall–Kier alpha value is -0.650. The second kappa shape index (κ2) is 6.76. The van der Waals surface area contributed by atoms with E-state index in [0.29, 0.717) is 6.61 Å². The van der Waals surface area contributed by atoms with Crippen LogP contribution >= 0.6 is 0 Å². The first kappa shape index (κ1) is 12.4. The summed E-state index contributed by atoms with van der Waals surface area (Å²) in [6, 6.07) is 0. The number of nitrogens with one attached hydrogen (secondary N) is 1. The van der Waals surface area contributed by atoms with Gasteiger partial charge in [-0.15, -0.1) is 0 Å². The van der Waals surface area contributed by atoms with Crippen molar-refractivity contribution in [2.75, 3.05) is 39.5 Å². The van der Waals surface area contributed by atoms with E-state index in [0.717, 1.165) is 39.3 Å². The first-order valence-corrected chi connectivity index (χ1v) is 5.49. The minimum Gasteiger partial charge on any atom is -0.385 e. The molecule has 0 aliphatic carbocycles. The SMILES string of the molecule is CCOCCCN1CCOC(C(=N)N)C1. The Morgan fingerprint density at radius 2 is 2.47 bits per heavy atom. The minimum atomic E-state index is -0.217. The van der Waals surface area contributed by atoms with E-state index in [4.69, 9.17) is 20.6 Å². The van der Waals surface area contributed by atoms with Gasteiger partial charge < -0.3 is 15.2 Å². The molecule has 5 nitrogen and oxygen atoms in total. The highest BCUT2D eigenvalue weighted by molar-refractivity contribution is 5.82. The molecule has 1 saturated heterocycles. The normalized spacial score (nSPS) is 22.9. The smallest absolute Gasteiger partial charge is 0.127 e. The van der Waals surface area contributed by atoms with Crippen molar-refractivity contribution in [1.82, 2.24) is 4.90 Å². The van der Waals surface area contributed by atoms with E-state index in [9.17, 15) is 0 Å². The summed E-state index contributed by atoms with van der Waals surface area (Å²) < 4.78 is 10.6. The van der Waals surface area contributed by atoms with Crippen LogP contribution in [0.2, 0.25) is 0 Å². The molecule has 1 unspecified atom stereocenters. The average molecular weight is 215 g/mol. The maximum absolute atomic E-state index is 7.32. The molecule has 5 heteroatoms. The fourth-order valence-electron chi connectivity index (χ4n) is 1.63. The van der Waals surface area contributed by atoms with Crippen LogP contribution in [-0.4, -0.2) is 56.3 Å². The van der Waals surface area contributed by atoms with Gasteiger partial charge in [0.15, 0.2) is 0 Å². The van der Waals surface area contributed by atoms with E-state index in [1.54, 1.807) is 0 Å². The van der Waals surface area contributed by atoms with Crippen molar-refractivity contribution < 1.29 is 9.47 Å². The van der Waals surface area contributed by atoms with Gasteiger partial charge >= 0.3 is 0 Å². The third-order valence-electron chi connectivity index (χ3n) is 2.46. The zero-order valence-electron chi connectivity index (χ0n) is 9.37. The first-order chi connectivity index (χ1) is 7.24. The Labute approximate surface area is 91.0 Å². The van der Waals surface area contributed by atoms with Crippen molar-refractivity contribution in [3.05, 3.63) is 0 Å². The molecular formula is C10H21N3O2. The summed E-state index contributed by atoms with van der Waals surface area (Å²) in [5, 5.41) is 7.32. The summed E-state index contributed by atoms with van der Waals surface area (Å²) in [5.74, 6) is 0.129. The van der Waals surface area contributed by atoms with Crippen molar-refractivity contribution in [1.29, 1.82) is 5.41 Å². The van der Waals surface area contributed by atoms with Crippen LogP contribution in [0.4, 0.5) is 0 Å². The molecule has 1 atom stereocenters. The highest BCUT2D eigenvalue weighted by atomic mass is 16.5. The van der Waals surface area contributed by atoms with Crippen LogP contribution in [0, 0.1) is 5.41 Å². The largest absolute Gasteiger partial charge is 0.385 e. The van der Waals surface area contributed by atoms with Gasteiger partial charge in [-0.05, 0) is 13.3 Å². The molecule has 0 spiro atoms. The molecule has 1 heterocycles. The monoisotopic (exact) mass is 215 g/mol. The van der Waals surface area contributed by atoms with Crippen molar-refractivity contribution in [3.63, 3.8) is 0 Å². The molecule has 1 aliphatic rings. The van der Waals surface area contributed by atoms with Gasteiger partial charge in [-0.1, -0.05) is 0 Å². The fourth-order valence-corrected chi connectivity index (χ4v) is 1.63. The van der Waals surface area contributed by atoms with Gasteiger partial charge in [0.1, 0.15) is 11.9 Å². The van der Waals surface area contributed by atoms with Crippen LogP contribution in [0.5, 0.6) is 0 Å². The van der Waals surface area contributed by atoms with Crippen molar-refractivity contribution >= 4 is 5.84 Å². The lowest BCUT2D eigenvalue weighted by molar-refractivity contribution is 0.00227. The molecule has 1 aliphatic heterocycles. The molecule has 15 heavy (non-hydrogen) atoms. The molecule has 0 amide bonds. The van der Waals surface area contributed by atoms with E-state index in [1.165, 1.54) is 0 Å². The topological polar surface area (TPSA) is 71.6 Å². The van der Waals surface area contributed by atoms with Crippen LogP contribution in [-0.2, 0) is 9.47 Å². The number of nitrogens with two attached hydrogens (primary N) is 1. The van der Waals surface area contributed by atoms with E-state index in [2.05, 4.69) is 4.90 Å². The maximum Gasteiger partial charge on any atom is 0.127 e. The molecule has 0 radical (unpaired) electrons. The van der Waals surface area contributed by atoms with E-state index >= 15 is 0 Å². The van der Waals surface area contributed by atoms with Gasteiger partial charge in [-0.3, -0.25) is 10.3 Å². The van der Waals surface area contributed by atoms with Crippen LogP contribution in [0.15, 0.2) is 0 Å². The lowest BCUT2D eigenvalue weighted by Crippen LogP contribution is -2.48. The molecule has 0 bridgehead atoms. The summed E-state index contributed by atoms with van der Waals surface area (Å²) in [6.07, 6.45) is 0.809. The molecule has 0 aromatic carbocycles. The summed E-state index contributed by atoms with van der Waals surface area (Å²) in [4.78, 5) is 2.27. The molecule has 3 N–H and O–H groups in total. The maximum atomic E-state index is 7.32. The summed E-state index contributed by atoms with van der Waals surface area (Å²) in [5.41, 5.74) is 5.41. The Kier molecular flexibility index (Phi) is 5.60. The molecular weight excluding hydrogens is 194 g/mol. The van der Waals surface area contributed by atoms with Gasteiger partial charge in [0.05, 0.1) is 6.61 Å². The lowest BCUT2D eigenvalue weighted by Gasteiger charge is -2.32. The van der Waals surface area contributed by atoms with Crippen molar-refractivity contribution in [2.45, 2.75) is 19.4 Å².